The zero-order chi connectivity index (χ0) is 24.7. The third-order valence-corrected chi connectivity index (χ3v) is 7.69. The molecule has 1 N–H and O–H groups in total. The highest BCUT2D eigenvalue weighted by molar-refractivity contribution is 6.03. The molecule has 186 valence electrons. The molecule has 1 aromatic carbocycles. The zero-order valence-corrected chi connectivity index (χ0v) is 20.2. The Kier molecular flexibility index (Phi) is 6.27. The van der Waals surface area contributed by atoms with Crippen LogP contribution in [0.4, 0.5) is 5.69 Å². The number of aliphatic hydroxyl groups excluding tert-OH is 1. The van der Waals surface area contributed by atoms with Gasteiger partial charge in [0.2, 0.25) is 17.7 Å². The monoisotopic (exact) mass is 479 g/mol. The van der Waals surface area contributed by atoms with Crippen LogP contribution >= 0.6 is 0 Å². The molecule has 4 aliphatic heterocycles. The number of benzene rings is 1. The third-order valence-electron chi connectivity index (χ3n) is 7.69. The number of ether oxygens (including phenoxy) is 1. The molecule has 35 heavy (non-hydrogen) atoms. The zero-order valence-electron chi connectivity index (χ0n) is 20.2. The summed E-state index contributed by atoms with van der Waals surface area (Å²) in [6.07, 6.45) is 8.08. The number of nitrogens with zero attached hydrogens (tertiary/aromatic N) is 3. The van der Waals surface area contributed by atoms with E-state index in [1.54, 1.807) is 14.7 Å². The van der Waals surface area contributed by atoms with Crippen LogP contribution in [0.1, 0.15) is 26.7 Å². The van der Waals surface area contributed by atoms with E-state index in [2.05, 4.69) is 0 Å². The minimum absolute atomic E-state index is 0.0176. The van der Waals surface area contributed by atoms with Crippen LogP contribution in [0.15, 0.2) is 54.6 Å². The van der Waals surface area contributed by atoms with Crippen molar-refractivity contribution in [3.63, 3.8) is 0 Å². The molecular formula is C27H33N3O5. The molecule has 1 aromatic rings. The van der Waals surface area contributed by atoms with Gasteiger partial charge in [0, 0.05) is 38.0 Å². The quantitative estimate of drug-likeness (QED) is 0.496. The largest absolute Gasteiger partial charge is 0.396 e. The van der Waals surface area contributed by atoms with Crippen LogP contribution < -0.4 is 4.90 Å². The summed E-state index contributed by atoms with van der Waals surface area (Å²) < 4.78 is 6.62. The Morgan fingerprint density at radius 2 is 1.80 bits per heavy atom. The van der Waals surface area contributed by atoms with E-state index in [0.717, 1.165) is 5.69 Å². The fourth-order valence-corrected chi connectivity index (χ4v) is 6.09. The molecule has 5 atom stereocenters. The number of unbranched alkanes of at least 4 members (excludes halogenated alkanes) is 1. The number of aliphatic hydroxyl groups is 1. The Morgan fingerprint density at radius 3 is 2.51 bits per heavy atom. The van der Waals surface area contributed by atoms with E-state index < -0.39 is 29.6 Å². The normalized spacial score (nSPS) is 32.1. The van der Waals surface area contributed by atoms with E-state index in [-0.39, 0.29) is 30.4 Å². The molecule has 8 heteroatoms. The molecule has 5 rings (SSSR count). The Hall–Kier alpha value is -2.97. The van der Waals surface area contributed by atoms with Gasteiger partial charge in [-0.3, -0.25) is 14.4 Å². The van der Waals surface area contributed by atoms with Crippen molar-refractivity contribution in [3.05, 3.63) is 54.6 Å². The van der Waals surface area contributed by atoms with Crippen LogP contribution in [0.3, 0.4) is 0 Å². The number of fused-ring (bicyclic) bond motifs is 2. The highest BCUT2D eigenvalue weighted by Crippen LogP contribution is 2.53. The third kappa shape index (κ3) is 3.70. The molecule has 3 amide bonds. The van der Waals surface area contributed by atoms with E-state index >= 15 is 0 Å². The maximum Gasteiger partial charge on any atom is 0.249 e. The van der Waals surface area contributed by atoms with E-state index in [4.69, 9.17) is 4.74 Å². The first-order chi connectivity index (χ1) is 16.9. The molecule has 2 fully saturated rings. The van der Waals surface area contributed by atoms with E-state index in [9.17, 15) is 19.5 Å². The highest BCUT2D eigenvalue weighted by Gasteiger charge is 2.71. The predicted octanol–water partition coefficient (Wildman–Crippen LogP) is 1.75. The number of hydrogen-bond acceptors (Lipinski definition) is 5. The van der Waals surface area contributed by atoms with E-state index in [1.807, 2.05) is 68.5 Å². The number of para-hydroxylation sites is 1. The van der Waals surface area contributed by atoms with Crippen molar-refractivity contribution in [2.45, 2.75) is 50.5 Å². The summed E-state index contributed by atoms with van der Waals surface area (Å²) in [4.78, 5) is 46.9. The summed E-state index contributed by atoms with van der Waals surface area (Å²) in [7, 11) is 0. The number of carbonyl (C=O) groups is 3. The second-order valence-electron chi connectivity index (χ2n) is 10.0. The van der Waals surface area contributed by atoms with Crippen molar-refractivity contribution in [1.29, 1.82) is 0 Å². The first kappa shape index (κ1) is 23.8. The molecule has 0 aliphatic carbocycles. The number of rotatable bonds is 6. The molecule has 2 saturated heterocycles. The summed E-state index contributed by atoms with van der Waals surface area (Å²) in [5, 5.41) is 9.30. The standard InChI is InChI=1S/C27H33N3O5/c1-18(2)28-16-9-13-27-22(25(33)30(14-6-7-17-31)23(27)26(28)34)21-20(35-27)12-8-15-29(24(21)32)19-10-4-3-5-11-19/h3-5,8-13,18,20-23,31H,6-7,14-17H2,1-2H3/t20-,21+,22+,23?,27+/m1/s1. The van der Waals surface area contributed by atoms with Gasteiger partial charge in [0.1, 0.15) is 11.6 Å². The SMILES string of the molecule is CC(C)N1CC=C[C@]23O[C@@H]4C=CCN(c5ccccc5)C(=O)[C@@H]4[C@H]2C(=O)N(CCCCO)C3C1=O. The van der Waals surface area contributed by atoms with Gasteiger partial charge in [0.25, 0.3) is 0 Å². The van der Waals surface area contributed by atoms with Crippen molar-refractivity contribution in [2.75, 3.05) is 31.1 Å². The molecule has 0 radical (unpaired) electrons. The second kappa shape index (κ2) is 9.24. The number of carbonyl (C=O) groups excluding carboxylic acids is 3. The van der Waals surface area contributed by atoms with Gasteiger partial charge in [-0.25, -0.2) is 0 Å². The molecule has 0 saturated carbocycles. The summed E-state index contributed by atoms with van der Waals surface area (Å²) in [5.41, 5.74) is -0.435. The molecule has 1 unspecified atom stereocenters. The van der Waals surface area contributed by atoms with Crippen LogP contribution in [0.5, 0.6) is 0 Å². The molecule has 4 aliphatic rings. The van der Waals surface area contributed by atoms with Gasteiger partial charge in [0.05, 0.1) is 17.9 Å². The second-order valence-corrected chi connectivity index (χ2v) is 10.0. The Morgan fingerprint density at radius 1 is 1.03 bits per heavy atom. The lowest BCUT2D eigenvalue weighted by Crippen LogP contribution is -2.56. The fourth-order valence-electron chi connectivity index (χ4n) is 6.09. The minimum atomic E-state index is -1.20. The maximum absolute atomic E-state index is 14.0. The van der Waals surface area contributed by atoms with Crippen molar-refractivity contribution >= 4 is 23.4 Å². The summed E-state index contributed by atoms with van der Waals surface area (Å²) in [6, 6.07) is 8.55. The van der Waals surface area contributed by atoms with E-state index in [0.29, 0.717) is 32.5 Å². The van der Waals surface area contributed by atoms with Crippen LogP contribution in [0, 0.1) is 11.8 Å². The number of likely N-dealkylation sites (tertiary alicyclic amines) is 1. The molecule has 1 spiro atoms. The highest BCUT2D eigenvalue weighted by atomic mass is 16.5. The molecule has 8 nitrogen and oxygen atoms in total. The van der Waals surface area contributed by atoms with Gasteiger partial charge in [-0.05, 0) is 38.8 Å². The summed E-state index contributed by atoms with van der Waals surface area (Å²) in [5.74, 6) is -2.06. The number of hydrogen-bond donors (Lipinski definition) is 1. The summed E-state index contributed by atoms with van der Waals surface area (Å²) >= 11 is 0. The maximum atomic E-state index is 14.0. The van der Waals surface area contributed by atoms with Crippen LogP contribution in [-0.4, -0.2) is 82.7 Å². The topological polar surface area (TPSA) is 90.4 Å². The van der Waals surface area contributed by atoms with Gasteiger partial charge in [-0.1, -0.05) is 42.5 Å². The molecular weight excluding hydrogens is 446 g/mol. The Labute approximate surface area is 205 Å². The van der Waals surface area contributed by atoms with Crippen molar-refractivity contribution < 1.29 is 24.2 Å². The Bertz CT molecular complexity index is 1050. The summed E-state index contributed by atoms with van der Waals surface area (Å²) in [6.45, 7) is 5.09. The van der Waals surface area contributed by atoms with Crippen LogP contribution in [0.2, 0.25) is 0 Å². The smallest absolute Gasteiger partial charge is 0.249 e. The van der Waals surface area contributed by atoms with Gasteiger partial charge < -0.3 is 24.5 Å². The van der Waals surface area contributed by atoms with Crippen molar-refractivity contribution in [3.8, 4) is 0 Å². The van der Waals surface area contributed by atoms with Gasteiger partial charge in [-0.2, -0.15) is 0 Å². The molecule has 0 aromatic heterocycles. The van der Waals surface area contributed by atoms with Gasteiger partial charge in [-0.15, -0.1) is 0 Å². The molecule has 0 bridgehead atoms. The number of amides is 3. The van der Waals surface area contributed by atoms with Gasteiger partial charge >= 0.3 is 0 Å². The Balaban J connectivity index is 1.58. The van der Waals surface area contributed by atoms with Crippen LogP contribution in [-0.2, 0) is 19.1 Å². The van der Waals surface area contributed by atoms with Crippen molar-refractivity contribution in [1.82, 2.24) is 9.80 Å². The van der Waals surface area contributed by atoms with Crippen LogP contribution in [0.25, 0.3) is 0 Å². The van der Waals surface area contributed by atoms with E-state index in [1.165, 1.54) is 0 Å². The van der Waals surface area contributed by atoms with Gasteiger partial charge in [0.15, 0.2) is 0 Å². The molecule has 4 heterocycles. The number of anilines is 1. The lowest BCUT2D eigenvalue weighted by atomic mass is 9.77. The van der Waals surface area contributed by atoms with Crippen molar-refractivity contribution in [2.24, 2.45) is 11.8 Å². The lowest BCUT2D eigenvalue weighted by molar-refractivity contribution is -0.148. The lowest BCUT2D eigenvalue weighted by Gasteiger charge is -2.36. The first-order valence-electron chi connectivity index (χ1n) is 12.5. The first-order valence-corrected chi connectivity index (χ1v) is 12.5. The fraction of sp³-hybridized carbons (Fsp3) is 0.519. The average Bonchev–Trinajstić information content (AvgIpc) is 3.14. The average molecular weight is 480 g/mol. The minimum Gasteiger partial charge on any atom is -0.396 e. The predicted molar refractivity (Wildman–Crippen MR) is 130 cm³/mol.